The van der Waals surface area contributed by atoms with Crippen LogP contribution in [0.5, 0.6) is 11.5 Å². The monoisotopic (exact) mass is 425 g/mol. The first-order valence-corrected chi connectivity index (χ1v) is 10.0. The number of nitrogens with zero attached hydrogens (tertiary/aromatic N) is 1. The first kappa shape index (κ1) is 22.0. The van der Waals surface area contributed by atoms with Gasteiger partial charge in [-0.25, -0.2) is 0 Å². The Morgan fingerprint density at radius 3 is 2.52 bits per heavy atom. The first-order chi connectivity index (χ1) is 14.9. The first-order valence-electron chi connectivity index (χ1n) is 10.0. The van der Waals surface area contributed by atoms with Gasteiger partial charge in [-0.1, -0.05) is 6.92 Å². The minimum Gasteiger partial charge on any atom is -0.493 e. The molecule has 2 N–H and O–H groups in total. The Morgan fingerprint density at radius 1 is 1.06 bits per heavy atom. The second-order valence-corrected chi connectivity index (χ2v) is 7.07. The van der Waals surface area contributed by atoms with Crippen molar-refractivity contribution < 1.29 is 23.5 Å². The van der Waals surface area contributed by atoms with Crippen molar-refractivity contribution >= 4 is 11.8 Å². The number of carbonyl (C=O) groups excluding carboxylic acids is 2. The van der Waals surface area contributed by atoms with Crippen molar-refractivity contribution in [1.82, 2.24) is 15.4 Å². The van der Waals surface area contributed by atoms with Crippen LogP contribution >= 0.6 is 0 Å². The van der Waals surface area contributed by atoms with E-state index in [4.69, 9.17) is 13.9 Å². The average molecular weight is 425 g/mol. The van der Waals surface area contributed by atoms with Gasteiger partial charge in [0.15, 0.2) is 11.5 Å². The molecule has 3 aromatic rings. The summed E-state index contributed by atoms with van der Waals surface area (Å²) in [6.45, 7) is 6.85. The molecule has 2 heterocycles. The smallest absolute Gasteiger partial charge is 0.271 e. The van der Waals surface area contributed by atoms with E-state index < -0.39 is 11.8 Å². The highest BCUT2D eigenvalue weighted by Crippen LogP contribution is 2.28. The lowest BCUT2D eigenvalue weighted by atomic mass is 10.2. The van der Waals surface area contributed by atoms with E-state index in [-0.39, 0.29) is 0 Å². The molecule has 0 aliphatic carbocycles. The molecule has 164 valence electrons. The van der Waals surface area contributed by atoms with Crippen LogP contribution in [0, 0.1) is 13.8 Å². The van der Waals surface area contributed by atoms with Crippen molar-refractivity contribution in [2.75, 3.05) is 13.7 Å². The van der Waals surface area contributed by atoms with Gasteiger partial charge in [0, 0.05) is 17.0 Å². The summed E-state index contributed by atoms with van der Waals surface area (Å²) >= 11 is 0. The van der Waals surface area contributed by atoms with Crippen molar-refractivity contribution in [2.45, 2.75) is 33.7 Å². The highest BCUT2D eigenvalue weighted by molar-refractivity contribution is 6.00. The molecule has 0 fully saturated rings. The number of carbonyl (C=O) groups is 2. The molecule has 8 heteroatoms. The van der Waals surface area contributed by atoms with Gasteiger partial charge in [-0.05, 0) is 56.7 Å². The van der Waals surface area contributed by atoms with E-state index in [0.29, 0.717) is 35.8 Å². The Labute approximate surface area is 181 Å². The third kappa shape index (κ3) is 5.09. The fourth-order valence-corrected chi connectivity index (χ4v) is 3.23. The molecule has 2 aromatic heterocycles. The van der Waals surface area contributed by atoms with Gasteiger partial charge in [0.25, 0.3) is 11.8 Å². The predicted molar refractivity (Wildman–Crippen MR) is 115 cm³/mol. The van der Waals surface area contributed by atoms with Gasteiger partial charge in [0.05, 0.1) is 32.1 Å². The van der Waals surface area contributed by atoms with Gasteiger partial charge < -0.3 is 18.5 Å². The number of amides is 2. The molecule has 0 saturated carbocycles. The number of ether oxygens (including phenoxy) is 2. The number of benzene rings is 1. The fourth-order valence-electron chi connectivity index (χ4n) is 3.23. The number of hydrogen-bond donors (Lipinski definition) is 2. The van der Waals surface area contributed by atoms with Crippen LogP contribution in [0.25, 0.3) is 0 Å². The van der Waals surface area contributed by atoms with Crippen molar-refractivity contribution in [3.63, 3.8) is 0 Å². The predicted octanol–water partition coefficient (Wildman–Crippen LogP) is 3.62. The van der Waals surface area contributed by atoms with Crippen molar-refractivity contribution in [3.8, 4) is 11.5 Å². The van der Waals surface area contributed by atoms with Crippen LogP contribution in [0.1, 0.15) is 51.2 Å². The van der Waals surface area contributed by atoms with Crippen LogP contribution in [0.4, 0.5) is 0 Å². The van der Waals surface area contributed by atoms with E-state index in [1.54, 1.807) is 30.5 Å². The lowest BCUT2D eigenvalue weighted by molar-refractivity contribution is 0.0846. The average Bonchev–Trinajstić information content (AvgIpc) is 3.39. The summed E-state index contributed by atoms with van der Waals surface area (Å²) in [7, 11) is 1.51. The standard InChI is InChI=1S/C23H27N3O5/c1-5-10-31-20-9-8-17(13-21(20)29-4)22(27)24-25-23(28)19-12-15(2)26(16(19)3)14-18-7-6-11-30-18/h6-9,11-13H,5,10,14H2,1-4H3,(H,24,27)(H,25,28). The molecular formula is C23H27N3O5. The van der Waals surface area contributed by atoms with Gasteiger partial charge in [0.2, 0.25) is 0 Å². The zero-order chi connectivity index (χ0) is 22.4. The largest absolute Gasteiger partial charge is 0.493 e. The Bertz CT molecular complexity index is 1050. The second-order valence-electron chi connectivity index (χ2n) is 7.07. The summed E-state index contributed by atoms with van der Waals surface area (Å²) < 4.78 is 18.3. The molecule has 0 unspecified atom stereocenters. The van der Waals surface area contributed by atoms with Crippen LogP contribution < -0.4 is 20.3 Å². The quantitative estimate of drug-likeness (QED) is 0.538. The van der Waals surface area contributed by atoms with Gasteiger partial charge in [-0.2, -0.15) is 0 Å². The van der Waals surface area contributed by atoms with E-state index in [0.717, 1.165) is 23.6 Å². The molecular weight excluding hydrogens is 398 g/mol. The van der Waals surface area contributed by atoms with Crippen LogP contribution in [0.3, 0.4) is 0 Å². The highest BCUT2D eigenvalue weighted by atomic mass is 16.5. The number of furan rings is 1. The SMILES string of the molecule is CCCOc1ccc(C(=O)NNC(=O)c2cc(C)n(Cc3ccco3)c2C)cc1OC. The van der Waals surface area contributed by atoms with Crippen molar-refractivity contribution in [3.05, 3.63) is 70.9 Å². The summed E-state index contributed by atoms with van der Waals surface area (Å²) in [4.78, 5) is 25.2. The normalized spacial score (nSPS) is 10.6. The van der Waals surface area contributed by atoms with E-state index in [2.05, 4.69) is 10.9 Å². The number of aryl methyl sites for hydroxylation is 1. The molecule has 2 amide bonds. The Morgan fingerprint density at radius 2 is 1.84 bits per heavy atom. The van der Waals surface area contributed by atoms with Gasteiger partial charge in [-0.3, -0.25) is 20.4 Å². The third-order valence-corrected chi connectivity index (χ3v) is 4.89. The van der Waals surface area contributed by atoms with E-state index in [1.165, 1.54) is 7.11 Å². The lowest BCUT2D eigenvalue weighted by Crippen LogP contribution is -2.41. The molecule has 0 radical (unpaired) electrons. The van der Waals surface area contributed by atoms with Gasteiger partial charge >= 0.3 is 0 Å². The summed E-state index contributed by atoms with van der Waals surface area (Å²) in [5, 5.41) is 0. The highest BCUT2D eigenvalue weighted by Gasteiger charge is 2.18. The van der Waals surface area contributed by atoms with Gasteiger partial charge in [0.1, 0.15) is 5.76 Å². The number of hydrogen-bond acceptors (Lipinski definition) is 5. The maximum Gasteiger partial charge on any atom is 0.271 e. The van der Waals surface area contributed by atoms with E-state index >= 15 is 0 Å². The molecule has 1 aromatic carbocycles. The van der Waals surface area contributed by atoms with Crippen LogP contribution in [-0.2, 0) is 6.54 Å². The van der Waals surface area contributed by atoms with Crippen LogP contribution in [0.2, 0.25) is 0 Å². The number of aromatic nitrogens is 1. The molecule has 0 aliphatic rings. The molecule has 0 spiro atoms. The third-order valence-electron chi connectivity index (χ3n) is 4.89. The molecule has 31 heavy (non-hydrogen) atoms. The topological polar surface area (TPSA) is 94.7 Å². The molecule has 3 rings (SSSR count). The number of methoxy groups -OCH3 is 1. The Hall–Kier alpha value is -3.68. The fraction of sp³-hybridized carbons (Fsp3) is 0.304. The zero-order valence-electron chi connectivity index (χ0n) is 18.2. The molecule has 0 aliphatic heterocycles. The van der Waals surface area contributed by atoms with Crippen LogP contribution in [-0.4, -0.2) is 30.1 Å². The van der Waals surface area contributed by atoms with Crippen LogP contribution in [0.15, 0.2) is 47.1 Å². The molecule has 0 bridgehead atoms. The summed E-state index contributed by atoms with van der Waals surface area (Å²) in [6, 6.07) is 10.3. The maximum atomic E-state index is 12.7. The van der Waals surface area contributed by atoms with E-state index in [9.17, 15) is 9.59 Å². The summed E-state index contributed by atoms with van der Waals surface area (Å²) in [5.41, 5.74) is 7.43. The Balaban J connectivity index is 1.66. The number of hydrazine groups is 1. The minimum absolute atomic E-state index is 0.337. The molecule has 0 saturated heterocycles. The summed E-state index contributed by atoms with van der Waals surface area (Å²) in [6.07, 6.45) is 2.48. The van der Waals surface area contributed by atoms with Crippen molar-refractivity contribution in [1.29, 1.82) is 0 Å². The number of nitrogens with one attached hydrogen (secondary N) is 2. The van der Waals surface area contributed by atoms with Gasteiger partial charge in [-0.15, -0.1) is 0 Å². The maximum absolute atomic E-state index is 12.7. The minimum atomic E-state index is -0.460. The van der Waals surface area contributed by atoms with Crippen molar-refractivity contribution in [2.24, 2.45) is 0 Å². The Kier molecular flexibility index (Phi) is 7.02. The number of rotatable bonds is 8. The van der Waals surface area contributed by atoms with E-state index in [1.807, 2.05) is 37.5 Å². The zero-order valence-corrected chi connectivity index (χ0v) is 18.2. The molecule has 8 nitrogen and oxygen atoms in total. The summed E-state index contributed by atoms with van der Waals surface area (Å²) in [5.74, 6) is 0.949. The molecule has 0 atom stereocenters. The lowest BCUT2D eigenvalue weighted by Gasteiger charge is -2.12. The second kappa shape index (κ2) is 9.88.